The second-order valence-corrected chi connectivity index (χ2v) is 2.66. The Bertz CT molecular complexity index is 173. The van der Waals surface area contributed by atoms with Crippen molar-refractivity contribution in [1.82, 2.24) is 0 Å². The molecule has 0 unspecified atom stereocenters. The van der Waals surface area contributed by atoms with Gasteiger partial charge >= 0.3 is 0 Å². The zero-order chi connectivity index (χ0) is 10.6. The Kier molecular flexibility index (Phi) is 4.40. The maximum absolute atomic E-state index is 10.0. The molecule has 0 aliphatic rings. The molecule has 7 nitrogen and oxygen atoms in total. The van der Waals surface area contributed by atoms with Crippen LogP contribution in [0.2, 0.25) is 0 Å². The van der Waals surface area contributed by atoms with E-state index in [4.69, 9.17) is 31.3 Å². The molecule has 0 aromatic rings. The van der Waals surface area contributed by atoms with Crippen molar-refractivity contribution in [1.29, 1.82) is 0 Å². The van der Waals surface area contributed by atoms with Gasteiger partial charge in [0.05, 0.1) is 6.61 Å². The van der Waals surface area contributed by atoms with E-state index in [9.17, 15) is 4.79 Å². The molecule has 0 radical (unpaired) electrons. The Labute approximate surface area is 74.0 Å². The number of hydrogen-bond acceptors (Lipinski definition) is 7. The van der Waals surface area contributed by atoms with Gasteiger partial charge in [0.25, 0.3) is 0 Å². The largest absolute Gasteiger partial charge is 0.394 e. The quantitative estimate of drug-likeness (QED) is 0.193. The fraction of sp³-hybridized carbons (Fsp3) is 0.833. The predicted octanol–water partition coefficient (Wildman–Crippen LogP) is -4.09. The third kappa shape index (κ3) is 2.69. The molecule has 7 N–H and O–H groups in total. The number of carbonyl (C=O) groups is 1. The molecule has 0 fully saturated rings. The van der Waals surface area contributed by atoms with E-state index in [1.165, 1.54) is 0 Å². The van der Waals surface area contributed by atoms with Crippen LogP contribution in [0.15, 0.2) is 0 Å². The maximum Gasteiger partial charge on any atom is 0.175 e. The van der Waals surface area contributed by atoms with Gasteiger partial charge in [0.15, 0.2) is 18.1 Å². The van der Waals surface area contributed by atoms with Crippen LogP contribution in [0, 0.1) is 0 Å². The van der Waals surface area contributed by atoms with Crippen LogP contribution in [0.5, 0.6) is 0 Å². The monoisotopic (exact) mass is 195 g/mol. The van der Waals surface area contributed by atoms with Gasteiger partial charge in [0.1, 0.15) is 12.2 Å². The fourth-order valence-electron chi connectivity index (χ4n) is 0.692. The summed E-state index contributed by atoms with van der Waals surface area (Å²) in [5, 5.41) is 44.2. The number of rotatable bonds is 5. The van der Waals surface area contributed by atoms with Crippen molar-refractivity contribution in [3.05, 3.63) is 0 Å². The SMILES string of the molecule is N[C@](O)([C@H](O)[C@H](O)CO)[C@@H](O)C=O. The highest BCUT2D eigenvalue weighted by Crippen LogP contribution is 2.11. The normalized spacial score (nSPS) is 22.9. The highest BCUT2D eigenvalue weighted by molar-refractivity contribution is 5.58. The van der Waals surface area contributed by atoms with Gasteiger partial charge in [-0.15, -0.1) is 0 Å². The standard InChI is InChI=1S/C6H13NO6/c7-6(13,4(11)2-9)5(12)3(10)1-8/h2-5,8,10-13H,1,7H2/t3-,4+,5-,6-/m1/s1. The number of aldehydes is 1. The molecule has 13 heavy (non-hydrogen) atoms. The molecule has 0 aliphatic heterocycles. The number of nitrogens with two attached hydrogens (primary N) is 1. The summed E-state index contributed by atoms with van der Waals surface area (Å²) in [6, 6.07) is 0. The minimum absolute atomic E-state index is 0.0900. The van der Waals surface area contributed by atoms with E-state index >= 15 is 0 Å². The van der Waals surface area contributed by atoms with Gasteiger partial charge in [-0.2, -0.15) is 0 Å². The molecule has 7 heteroatoms. The zero-order valence-corrected chi connectivity index (χ0v) is 6.74. The van der Waals surface area contributed by atoms with Crippen molar-refractivity contribution in [3.8, 4) is 0 Å². The molecular weight excluding hydrogens is 182 g/mol. The summed E-state index contributed by atoms with van der Waals surface area (Å²) in [5.41, 5.74) is 2.27. The van der Waals surface area contributed by atoms with Crippen molar-refractivity contribution < 1.29 is 30.3 Å². The number of aliphatic hydroxyl groups excluding tert-OH is 4. The Morgan fingerprint density at radius 2 is 1.85 bits per heavy atom. The first-order valence-electron chi connectivity index (χ1n) is 3.49. The Hall–Kier alpha value is -0.570. The van der Waals surface area contributed by atoms with Gasteiger partial charge in [-0.1, -0.05) is 0 Å². The number of hydrogen-bond donors (Lipinski definition) is 6. The van der Waals surface area contributed by atoms with Gasteiger partial charge in [-0.3, -0.25) is 5.73 Å². The van der Waals surface area contributed by atoms with E-state index in [2.05, 4.69) is 0 Å². The topological polar surface area (TPSA) is 144 Å². The van der Waals surface area contributed by atoms with E-state index in [1.807, 2.05) is 0 Å². The lowest BCUT2D eigenvalue weighted by Gasteiger charge is -2.32. The van der Waals surface area contributed by atoms with Crippen molar-refractivity contribution in [2.45, 2.75) is 24.0 Å². The van der Waals surface area contributed by atoms with Crippen LogP contribution >= 0.6 is 0 Å². The molecule has 78 valence electrons. The van der Waals surface area contributed by atoms with Crippen molar-refractivity contribution in [3.63, 3.8) is 0 Å². The maximum atomic E-state index is 10.0. The van der Waals surface area contributed by atoms with Crippen LogP contribution in [-0.4, -0.2) is 62.5 Å². The minimum atomic E-state index is -2.68. The lowest BCUT2D eigenvalue weighted by atomic mass is 9.97. The zero-order valence-electron chi connectivity index (χ0n) is 6.74. The molecule has 0 spiro atoms. The molecule has 4 atom stereocenters. The van der Waals surface area contributed by atoms with Crippen LogP contribution in [0.3, 0.4) is 0 Å². The van der Waals surface area contributed by atoms with Gasteiger partial charge < -0.3 is 30.3 Å². The second kappa shape index (κ2) is 4.61. The van der Waals surface area contributed by atoms with Gasteiger partial charge in [0, 0.05) is 0 Å². The average Bonchev–Trinajstić information content (AvgIpc) is 2.13. The summed E-state index contributed by atoms with van der Waals surface area (Å²) in [7, 11) is 0. The lowest BCUT2D eigenvalue weighted by molar-refractivity contribution is -0.178. The highest BCUT2D eigenvalue weighted by Gasteiger charge is 2.42. The molecule has 0 aromatic carbocycles. The minimum Gasteiger partial charge on any atom is -0.394 e. The summed E-state index contributed by atoms with van der Waals surface area (Å²) < 4.78 is 0. The summed E-state index contributed by atoms with van der Waals surface area (Å²) in [6.45, 7) is -0.855. The molecule has 0 saturated carbocycles. The Balaban J connectivity index is 4.51. The van der Waals surface area contributed by atoms with E-state index < -0.39 is 30.6 Å². The molecule has 0 heterocycles. The van der Waals surface area contributed by atoms with E-state index in [0.717, 1.165) is 0 Å². The van der Waals surface area contributed by atoms with Gasteiger partial charge in [-0.05, 0) is 0 Å². The fourth-order valence-corrected chi connectivity index (χ4v) is 0.692. The van der Waals surface area contributed by atoms with Crippen LogP contribution in [0.25, 0.3) is 0 Å². The molecule has 0 amide bonds. The van der Waals surface area contributed by atoms with Crippen LogP contribution in [0.4, 0.5) is 0 Å². The lowest BCUT2D eigenvalue weighted by Crippen LogP contribution is -2.64. The molecule has 0 bridgehead atoms. The van der Waals surface area contributed by atoms with Gasteiger partial charge in [0.2, 0.25) is 0 Å². The first-order chi connectivity index (χ1) is 5.87. The third-order valence-corrected chi connectivity index (χ3v) is 1.63. The van der Waals surface area contributed by atoms with Crippen LogP contribution in [-0.2, 0) is 4.79 Å². The summed E-state index contributed by atoms with van der Waals surface area (Å²) in [5.74, 6) is 0. The second-order valence-electron chi connectivity index (χ2n) is 2.66. The Morgan fingerprint density at radius 1 is 1.38 bits per heavy atom. The molecule has 0 rings (SSSR count). The van der Waals surface area contributed by atoms with Crippen LogP contribution in [0.1, 0.15) is 0 Å². The number of carbonyl (C=O) groups excluding carboxylic acids is 1. The van der Waals surface area contributed by atoms with Crippen molar-refractivity contribution in [2.24, 2.45) is 5.73 Å². The number of aliphatic hydroxyl groups is 5. The summed E-state index contributed by atoms with van der Waals surface area (Å²) >= 11 is 0. The van der Waals surface area contributed by atoms with Crippen molar-refractivity contribution >= 4 is 6.29 Å². The van der Waals surface area contributed by atoms with E-state index in [-0.39, 0.29) is 6.29 Å². The van der Waals surface area contributed by atoms with E-state index in [1.54, 1.807) is 0 Å². The summed E-state index contributed by atoms with van der Waals surface area (Å²) in [6.07, 6.45) is -5.88. The smallest absolute Gasteiger partial charge is 0.175 e. The molecule has 0 aromatic heterocycles. The van der Waals surface area contributed by atoms with Crippen molar-refractivity contribution in [2.75, 3.05) is 6.61 Å². The Morgan fingerprint density at radius 3 is 2.15 bits per heavy atom. The first-order valence-corrected chi connectivity index (χ1v) is 3.49. The third-order valence-electron chi connectivity index (χ3n) is 1.63. The van der Waals surface area contributed by atoms with Crippen LogP contribution < -0.4 is 5.73 Å². The van der Waals surface area contributed by atoms with E-state index in [0.29, 0.717) is 0 Å². The molecule has 0 saturated heterocycles. The molecular formula is C6H13NO6. The molecule has 0 aliphatic carbocycles. The van der Waals surface area contributed by atoms with Gasteiger partial charge in [-0.25, -0.2) is 0 Å². The first kappa shape index (κ1) is 12.4. The average molecular weight is 195 g/mol. The highest BCUT2D eigenvalue weighted by atomic mass is 16.4. The summed E-state index contributed by atoms with van der Waals surface area (Å²) in [4.78, 5) is 10.0. The predicted molar refractivity (Wildman–Crippen MR) is 40.3 cm³/mol.